The van der Waals surface area contributed by atoms with E-state index in [2.05, 4.69) is 10.2 Å². The summed E-state index contributed by atoms with van der Waals surface area (Å²) >= 11 is 0. The monoisotopic (exact) mass is 240 g/mol. The molecule has 4 heteroatoms. The van der Waals surface area contributed by atoms with Gasteiger partial charge in [-0.25, -0.2) is 8.78 Å². The van der Waals surface area contributed by atoms with E-state index in [0.29, 0.717) is 0 Å². The third-order valence-electron chi connectivity index (χ3n) is 3.29. The first kappa shape index (κ1) is 12.5. The largest absolute Gasteiger partial charge is 0.314 e. The number of benzene rings is 1. The van der Waals surface area contributed by atoms with Gasteiger partial charge in [0.2, 0.25) is 0 Å². The molecular formula is C13H18F2N2. The Hall–Kier alpha value is -1.00. The van der Waals surface area contributed by atoms with Crippen molar-refractivity contribution in [2.24, 2.45) is 0 Å². The van der Waals surface area contributed by atoms with Gasteiger partial charge in [0.15, 0.2) is 11.6 Å². The molecule has 2 rings (SSSR count). The molecule has 0 saturated carbocycles. The van der Waals surface area contributed by atoms with Gasteiger partial charge in [0.1, 0.15) is 0 Å². The Balaban J connectivity index is 1.96. The standard InChI is InChI=1S/C13H18F2N2/c1-10-8-12(14)13(15)9-11(10)2-5-17-6-3-16-4-7-17/h8-9,16H,2-7H2,1H3. The van der Waals surface area contributed by atoms with E-state index in [4.69, 9.17) is 0 Å². The number of hydrogen-bond acceptors (Lipinski definition) is 2. The molecule has 0 unspecified atom stereocenters. The van der Waals surface area contributed by atoms with Gasteiger partial charge in [0, 0.05) is 32.7 Å². The number of nitrogens with zero attached hydrogens (tertiary/aromatic N) is 1. The summed E-state index contributed by atoms with van der Waals surface area (Å²) in [4.78, 5) is 2.34. The SMILES string of the molecule is Cc1cc(F)c(F)cc1CCN1CCNCC1. The van der Waals surface area contributed by atoms with E-state index < -0.39 is 11.6 Å². The number of aryl methyl sites for hydroxylation is 1. The zero-order valence-corrected chi connectivity index (χ0v) is 10.1. The lowest BCUT2D eigenvalue weighted by atomic mass is 10.0. The number of piperazine rings is 1. The van der Waals surface area contributed by atoms with Gasteiger partial charge < -0.3 is 10.2 Å². The fourth-order valence-electron chi connectivity index (χ4n) is 2.17. The zero-order chi connectivity index (χ0) is 12.3. The van der Waals surface area contributed by atoms with E-state index in [1.165, 1.54) is 12.1 Å². The van der Waals surface area contributed by atoms with Gasteiger partial charge in [0.05, 0.1) is 0 Å². The topological polar surface area (TPSA) is 15.3 Å². The Morgan fingerprint density at radius 3 is 2.53 bits per heavy atom. The van der Waals surface area contributed by atoms with Gasteiger partial charge in [0.25, 0.3) is 0 Å². The molecule has 94 valence electrons. The van der Waals surface area contributed by atoms with Crippen molar-refractivity contribution in [3.05, 3.63) is 34.9 Å². The van der Waals surface area contributed by atoms with Crippen molar-refractivity contribution < 1.29 is 8.78 Å². The van der Waals surface area contributed by atoms with Crippen LogP contribution in [0.3, 0.4) is 0 Å². The Kier molecular flexibility index (Phi) is 4.07. The molecule has 1 aliphatic heterocycles. The Morgan fingerprint density at radius 2 is 1.82 bits per heavy atom. The van der Waals surface area contributed by atoms with Crippen LogP contribution in [0.15, 0.2) is 12.1 Å². The molecule has 0 bridgehead atoms. The Morgan fingerprint density at radius 1 is 1.18 bits per heavy atom. The summed E-state index contributed by atoms with van der Waals surface area (Å²) in [6.45, 7) is 6.82. The zero-order valence-electron chi connectivity index (χ0n) is 10.1. The average Bonchev–Trinajstić information content (AvgIpc) is 2.33. The van der Waals surface area contributed by atoms with E-state index in [1.807, 2.05) is 6.92 Å². The maximum atomic E-state index is 13.1. The van der Waals surface area contributed by atoms with Crippen molar-refractivity contribution in [2.45, 2.75) is 13.3 Å². The molecule has 1 fully saturated rings. The lowest BCUT2D eigenvalue weighted by molar-refractivity contribution is 0.243. The summed E-state index contributed by atoms with van der Waals surface area (Å²) in [6.07, 6.45) is 0.781. The van der Waals surface area contributed by atoms with Crippen LogP contribution in [0.2, 0.25) is 0 Å². The molecule has 17 heavy (non-hydrogen) atoms. The highest BCUT2D eigenvalue weighted by molar-refractivity contribution is 5.27. The van der Waals surface area contributed by atoms with Gasteiger partial charge >= 0.3 is 0 Å². The molecule has 0 radical (unpaired) electrons. The van der Waals surface area contributed by atoms with Gasteiger partial charge in [-0.05, 0) is 36.6 Å². The lowest BCUT2D eigenvalue weighted by Gasteiger charge is -2.27. The second kappa shape index (κ2) is 5.56. The smallest absolute Gasteiger partial charge is 0.159 e. The molecule has 0 spiro atoms. The van der Waals surface area contributed by atoms with Crippen molar-refractivity contribution in [1.82, 2.24) is 10.2 Å². The number of hydrogen-bond donors (Lipinski definition) is 1. The molecular weight excluding hydrogens is 222 g/mol. The van der Waals surface area contributed by atoms with Crippen molar-refractivity contribution in [2.75, 3.05) is 32.7 Å². The molecule has 1 aromatic carbocycles. The minimum absolute atomic E-state index is 0.745. The van der Waals surface area contributed by atoms with E-state index in [0.717, 1.165) is 50.3 Å². The summed E-state index contributed by atoms with van der Waals surface area (Å²) in [6, 6.07) is 2.61. The van der Waals surface area contributed by atoms with E-state index in [9.17, 15) is 8.78 Å². The average molecular weight is 240 g/mol. The first-order chi connectivity index (χ1) is 8.16. The summed E-state index contributed by atoms with van der Waals surface area (Å²) in [7, 11) is 0. The van der Waals surface area contributed by atoms with Crippen LogP contribution in [-0.4, -0.2) is 37.6 Å². The fraction of sp³-hybridized carbons (Fsp3) is 0.538. The van der Waals surface area contributed by atoms with Crippen LogP contribution in [0, 0.1) is 18.6 Å². The number of halogens is 2. The third-order valence-corrected chi connectivity index (χ3v) is 3.29. The summed E-state index contributed by atoms with van der Waals surface area (Å²) in [5.74, 6) is -1.50. The third kappa shape index (κ3) is 3.23. The van der Waals surface area contributed by atoms with E-state index in [-0.39, 0.29) is 0 Å². The second-order valence-corrected chi connectivity index (χ2v) is 4.53. The highest BCUT2D eigenvalue weighted by Crippen LogP contribution is 2.15. The maximum Gasteiger partial charge on any atom is 0.159 e. The maximum absolute atomic E-state index is 13.1. The first-order valence-electron chi connectivity index (χ1n) is 6.04. The minimum Gasteiger partial charge on any atom is -0.314 e. The van der Waals surface area contributed by atoms with Crippen LogP contribution in [0.1, 0.15) is 11.1 Å². The van der Waals surface area contributed by atoms with Crippen molar-refractivity contribution in [3.8, 4) is 0 Å². The molecule has 0 atom stereocenters. The van der Waals surface area contributed by atoms with Crippen LogP contribution in [0.25, 0.3) is 0 Å². The highest BCUT2D eigenvalue weighted by atomic mass is 19.2. The van der Waals surface area contributed by atoms with Gasteiger partial charge in [-0.2, -0.15) is 0 Å². The second-order valence-electron chi connectivity index (χ2n) is 4.53. The lowest BCUT2D eigenvalue weighted by Crippen LogP contribution is -2.44. The van der Waals surface area contributed by atoms with Crippen molar-refractivity contribution >= 4 is 0 Å². The molecule has 0 aromatic heterocycles. The summed E-state index contributed by atoms with van der Waals surface area (Å²) < 4.78 is 26.1. The molecule has 1 saturated heterocycles. The van der Waals surface area contributed by atoms with Gasteiger partial charge in [-0.15, -0.1) is 0 Å². The molecule has 0 aliphatic carbocycles. The number of nitrogens with one attached hydrogen (secondary N) is 1. The van der Waals surface area contributed by atoms with Crippen molar-refractivity contribution in [1.29, 1.82) is 0 Å². The van der Waals surface area contributed by atoms with Crippen LogP contribution >= 0.6 is 0 Å². The molecule has 1 N–H and O–H groups in total. The van der Waals surface area contributed by atoms with Crippen LogP contribution in [0.5, 0.6) is 0 Å². The summed E-state index contributed by atoms with van der Waals surface area (Å²) in [5.41, 5.74) is 1.74. The first-order valence-corrected chi connectivity index (χ1v) is 6.04. The predicted octanol–water partition coefficient (Wildman–Crippen LogP) is 1.72. The van der Waals surface area contributed by atoms with Crippen LogP contribution < -0.4 is 5.32 Å². The highest BCUT2D eigenvalue weighted by Gasteiger charge is 2.11. The quantitative estimate of drug-likeness (QED) is 0.865. The molecule has 1 aromatic rings. The van der Waals surface area contributed by atoms with E-state index >= 15 is 0 Å². The Labute approximate surface area is 101 Å². The molecule has 0 amide bonds. The number of rotatable bonds is 3. The van der Waals surface area contributed by atoms with Crippen LogP contribution in [-0.2, 0) is 6.42 Å². The molecule has 1 heterocycles. The van der Waals surface area contributed by atoms with Crippen LogP contribution in [0.4, 0.5) is 8.78 Å². The van der Waals surface area contributed by atoms with Gasteiger partial charge in [-0.3, -0.25) is 0 Å². The van der Waals surface area contributed by atoms with Gasteiger partial charge in [-0.1, -0.05) is 0 Å². The fourth-order valence-corrected chi connectivity index (χ4v) is 2.17. The molecule has 1 aliphatic rings. The minimum atomic E-state index is -0.756. The predicted molar refractivity (Wildman–Crippen MR) is 64.1 cm³/mol. The van der Waals surface area contributed by atoms with E-state index in [1.54, 1.807) is 0 Å². The Bertz CT molecular complexity index is 387. The molecule has 2 nitrogen and oxygen atoms in total. The normalized spacial score (nSPS) is 17.4. The van der Waals surface area contributed by atoms with Crippen molar-refractivity contribution in [3.63, 3.8) is 0 Å². The summed E-state index contributed by atoms with van der Waals surface area (Å²) in [5, 5.41) is 3.29.